The van der Waals surface area contributed by atoms with Crippen LogP contribution in [0.3, 0.4) is 0 Å². The van der Waals surface area contributed by atoms with Gasteiger partial charge in [-0.05, 0) is 19.3 Å². The van der Waals surface area contributed by atoms with Gasteiger partial charge in [-0.1, -0.05) is 19.8 Å². The molecule has 0 radical (unpaired) electrons. The fraction of sp³-hybridized carbons (Fsp3) is 0.727. The Balaban J connectivity index is 1.95. The maximum Gasteiger partial charge on any atom is 0.183 e. The lowest BCUT2D eigenvalue weighted by molar-refractivity contribution is 0.404. The highest BCUT2D eigenvalue weighted by Crippen LogP contribution is 2.23. The number of aryl methyl sites for hydroxylation is 1. The molecule has 1 aromatic rings. The molecule has 3 nitrogen and oxygen atoms in total. The van der Waals surface area contributed by atoms with Crippen molar-refractivity contribution < 1.29 is 0 Å². The zero-order chi connectivity index (χ0) is 10.7. The summed E-state index contributed by atoms with van der Waals surface area (Å²) in [7, 11) is 0. The van der Waals surface area contributed by atoms with Gasteiger partial charge in [0.05, 0.1) is 5.69 Å². The zero-order valence-corrected chi connectivity index (χ0v) is 10.0. The Bertz CT molecular complexity index is 311. The van der Waals surface area contributed by atoms with Crippen molar-refractivity contribution in [2.24, 2.45) is 5.73 Å². The van der Waals surface area contributed by atoms with E-state index in [-0.39, 0.29) is 0 Å². The predicted molar refractivity (Wildman–Crippen MR) is 65.3 cm³/mol. The molecular formula is C11H19N3S. The van der Waals surface area contributed by atoms with Crippen molar-refractivity contribution >= 4 is 16.5 Å². The Morgan fingerprint density at radius 2 is 2.33 bits per heavy atom. The molecule has 1 saturated carbocycles. The van der Waals surface area contributed by atoms with E-state index in [1.165, 1.54) is 25.0 Å². The van der Waals surface area contributed by atoms with E-state index in [9.17, 15) is 0 Å². The minimum atomic E-state index is 0.299. The lowest BCUT2D eigenvalue weighted by Crippen LogP contribution is -2.42. The van der Waals surface area contributed by atoms with Crippen LogP contribution in [0.4, 0.5) is 5.13 Å². The Hall–Kier alpha value is -0.610. The quantitative estimate of drug-likeness (QED) is 0.830. The number of nitrogens with zero attached hydrogens (tertiary/aromatic N) is 1. The van der Waals surface area contributed by atoms with Crippen molar-refractivity contribution in [3.05, 3.63) is 11.1 Å². The molecule has 1 aromatic heterocycles. The van der Waals surface area contributed by atoms with Gasteiger partial charge in [0.1, 0.15) is 0 Å². The van der Waals surface area contributed by atoms with E-state index in [2.05, 4.69) is 22.6 Å². The fourth-order valence-electron chi connectivity index (χ4n) is 2.03. The molecule has 15 heavy (non-hydrogen) atoms. The number of nitrogens with two attached hydrogens (primary N) is 1. The maximum atomic E-state index is 6.08. The van der Waals surface area contributed by atoms with Crippen LogP contribution in [0, 0.1) is 0 Å². The summed E-state index contributed by atoms with van der Waals surface area (Å²) in [6.07, 6.45) is 5.90. The molecule has 0 spiro atoms. The summed E-state index contributed by atoms with van der Waals surface area (Å²) in [5.41, 5.74) is 7.25. The fourth-order valence-corrected chi connectivity index (χ4v) is 2.89. The van der Waals surface area contributed by atoms with Crippen molar-refractivity contribution in [2.75, 3.05) is 5.32 Å². The zero-order valence-electron chi connectivity index (χ0n) is 9.20. The number of anilines is 1. The smallest absolute Gasteiger partial charge is 0.183 e. The lowest BCUT2D eigenvalue weighted by Gasteiger charge is -2.29. The summed E-state index contributed by atoms with van der Waals surface area (Å²) < 4.78 is 0. The summed E-state index contributed by atoms with van der Waals surface area (Å²) in [6.45, 7) is 2.13. The minimum absolute atomic E-state index is 0.299. The monoisotopic (exact) mass is 225 g/mol. The third kappa shape index (κ3) is 2.69. The standard InChI is InChI=1S/C11H19N3S/c1-2-8-7-15-11(13-8)14-10-6-4-3-5-9(10)12/h7,9-10H,2-6,12H2,1H3,(H,13,14)/t9-,10-/m1/s1. The summed E-state index contributed by atoms with van der Waals surface area (Å²) >= 11 is 1.69. The SMILES string of the molecule is CCc1csc(N[C@@H]2CCCC[C@H]2N)n1. The summed E-state index contributed by atoms with van der Waals surface area (Å²) in [5, 5.41) is 6.63. The van der Waals surface area contributed by atoms with Crippen molar-refractivity contribution in [3.8, 4) is 0 Å². The van der Waals surface area contributed by atoms with Gasteiger partial charge in [-0.3, -0.25) is 0 Å². The highest BCUT2D eigenvalue weighted by molar-refractivity contribution is 7.13. The molecule has 0 aromatic carbocycles. The van der Waals surface area contributed by atoms with Gasteiger partial charge in [-0.15, -0.1) is 11.3 Å². The van der Waals surface area contributed by atoms with Crippen LogP contribution in [-0.4, -0.2) is 17.1 Å². The molecule has 1 heterocycles. The molecular weight excluding hydrogens is 206 g/mol. The summed E-state index contributed by atoms with van der Waals surface area (Å²) in [6, 6.07) is 0.724. The van der Waals surface area contributed by atoms with Gasteiger partial charge in [0.25, 0.3) is 0 Å². The van der Waals surface area contributed by atoms with E-state index in [4.69, 9.17) is 5.73 Å². The summed E-state index contributed by atoms with van der Waals surface area (Å²) in [4.78, 5) is 4.51. The molecule has 1 aliphatic rings. The molecule has 2 atom stereocenters. The Kier molecular flexibility index (Phi) is 3.59. The lowest BCUT2D eigenvalue weighted by atomic mass is 9.91. The van der Waals surface area contributed by atoms with Crippen LogP contribution in [0.15, 0.2) is 5.38 Å². The van der Waals surface area contributed by atoms with Gasteiger partial charge in [-0.2, -0.15) is 0 Å². The van der Waals surface area contributed by atoms with Crippen LogP contribution in [0.25, 0.3) is 0 Å². The van der Waals surface area contributed by atoms with E-state index in [1.54, 1.807) is 11.3 Å². The third-order valence-corrected chi connectivity index (χ3v) is 3.86. The molecule has 1 aliphatic carbocycles. The molecule has 0 saturated heterocycles. The van der Waals surface area contributed by atoms with Crippen LogP contribution in [0.1, 0.15) is 38.3 Å². The topological polar surface area (TPSA) is 50.9 Å². The molecule has 2 rings (SSSR count). The number of hydrogen-bond donors (Lipinski definition) is 2. The second-order valence-corrected chi connectivity index (χ2v) is 5.05. The number of thiazole rings is 1. The average molecular weight is 225 g/mol. The van der Waals surface area contributed by atoms with Crippen LogP contribution in [-0.2, 0) is 6.42 Å². The molecule has 84 valence electrons. The van der Waals surface area contributed by atoms with E-state index >= 15 is 0 Å². The molecule has 3 N–H and O–H groups in total. The molecule has 1 fully saturated rings. The van der Waals surface area contributed by atoms with E-state index in [0.29, 0.717) is 12.1 Å². The molecule has 0 unspecified atom stereocenters. The van der Waals surface area contributed by atoms with Gasteiger partial charge >= 0.3 is 0 Å². The van der Waals surface area contributed by atoms with Crippen LogP contribution >= 0.6 is 11.3 Å². The second-order valence-electron chi connectivity index (χ2n) is 4.20. The van der Waals surface area contributed by atoms with Gasteiger partial charge < -0.3 is 11.1 Å². The van der Waals surface area contributed by atoms with Gasteiger partial charge in [0.2, 0.25) is 0 Å². The average Bonchev–Trinajstić information content (AvgIpc) is 2.69. The Morgan fingerprint density at radius 1 is 1.53 bits per heavy atom. The van der Waals surface area contributed by atoms with E-state index < -0.39 is 0 Å². The first kappa shape index (κ1) is 10.9. The van der Waals surface area contributed by atoms with Crippen molar-refractivity contribution in [3.63, 3.8) is 0 Å². The minimum Gasteiger partial charge on any atom is -0.357 e. The summed E-state index contributed by atoms with van der Waals surface area (Å²) in [5.74, 6) is 0. The van der Waals surface area contributed by atoms with Crippen molar-refractivity contribution in [1.29, 1.82) is 0 Å². The molecule has 0 amide bonds. The Labute approximate surface area is 95.1 Å². The normalized spacial score (nSPS) is 26.5. The Morgan fingerprint density at radius 3 is 3.00 bits per heavy atom. The van der Waals surface area contributed by atoms with Gasteiger partial charge in [-0.25, -0.2) is 4.98 Å². The first-order valence-corrected chi connectivity index (χ1v) is 6.64. The van der Waals surface area contributed by atoms with Crippen LogP contribution < -0.4 is 11.1 Å². The van der Waals surface area contributed by atoms with Crippen molar-refractivity contribution in [2.45, 2.75) is 51.1 Å². The van der Waals surface area contributed by atoms with E-state index in [1.807, 2.05) is 0 Å². The van der Waals surface area contributed by atoms with Gasteiger partial charge in [0.15, 0.2) is 5.13 Å². The number of aromatic nitrogens is 1. The highest BCUT2D eigenvalue weighted by Gasteiger charge is 2.22. The van der Waals surface area contributed by atoms with Crippen LogP contribution in [0.2, 0.25) is 0 Å². The molecule has 0 bridgehead atoms. The number of hydrogen-bond acceptors (Lipinski definition) is 4. The molecule has 0 aliphatic heterocycles. The molecule has 4 heteroatoms. The van der Waals surface area contributed by atoms with Crippen molar-refractivity contribution in [1.82, 2.24) is 4.98 Å². The van der Waals surface area contributed by atoms with E-state index in [0.717, 1.165) is 18.0 Å². The maximum absolute atomic E-state index is 6.08. The largest absolute Gasteiger partial charge is 0.357 e. The highest BCUT2D eigenvalue weighted by atomic mass is 32.1. The van der Waals surface area contributed by atoms with Crippen LogP contribution in [0.5, 0.6) is 0 Å². The van der Waals surface area contributed by atoms with Gasteiger partial charge in [0, 0.05) is 17.5 Å². The predicted octanol–water partition coefficient (Wildman–Crippen LogP) is 2.39. The first-order chi connectivity index (χ1) is 7.29. The first-order valence-electron chi connectivity index (χ1n) is 5.76. The second kappa shape index (κ2) is 4.94. The third-order valence-electron chi connectivity index (χ3n) is 3.04. The number of rotatable bonds is 3. The number of nitrogens with one attached hydrogen (secondary N) is 1.